The largest absolute Gasteiger partial charge is 0.388 e. The molecule has 0 radical (unpaired) electrons. The number of nitrogens with zero attached hydrogens (tertiary/aromatic N) is 1. The number of halogens is 1. The number of H-pyrrole nitrogens is 1. The van der Waals surface area contributed by atoms with Crippen molar-refractivity contribution in [1.82, 2.24) is 9.88 Å². The molecule has 21 heavy (non-hydrogen) atoms. The quantitative estimate of drug-likeness (QED) is 0.650. The summed E-state index contributed by atoms with van der Waals surface area (Å²) in [6.45, 7) is 2.11. The number of amides is 1. The minimum atomic E-state index is -0.956. The van der Waals surface area contributed by atoms with E-state index in [1.807, 2.05) is 0 Å². The molecule has 1 aliphatic rings. The Morgan fingerprint density at radius 1 is 1.43 bits per heavy atom. The normalized spacial score (nSPS) is 22.0. The minimum Gasteiger partial charge on any atom is -0.388 e. The fourth-order valence-electron chi connectivity index (χ4n) is 2.66. The Bertz CT molecular complexity index is 736. The van der Waals surface area contributed by atoms with E-state index in [1.165, 1.54) is 29.3 Å². The molecule has 6 heteroatoms. The number of likely N-dealkylation sites (tertiary alicyclic amines) is 1. The van der Waals surface area contributed by atoms with Crippen LogP contribution in [-0.4, -0.2) is 45.4 Å². The maximum atomic E-state index is 13.3. The van der Waals surface area contributed by atoms with Gasteiger partial charge in [-0.25, -0.2) is 4.39 Å². The Labute approximate surface area is 120 Å². The smallest absolute Gasteiger partial charge is 0.295 e. The second-order valence-corrected chi connectivity index (χ2v) is 5.70. The first kappa shape index (κ1) is 13.8. The zero-order chi connectivity index (χ0) is 15.2. The number of ketones is 1. The van der Waals surface area contributed by atoms with Crippen LogP contribution in [0.25, 0.3) is 10.9 Å². The summed E-state index contributed by atoms with van der Waals surface area (Å²) in [7, 11) is 0. The molecule has 5 nitrogen and oxygen atoms in total. The Morgan fingerprint density at radius 2 is 2.19 bits per heavy atom. The second kappa shape index (κ2) is 4.66. The molecule has 0 unspecified atom stereocenters. The van der Waals surface area contributed by atoms with E-state index in [-0.39, 0.29) is 12.1 Å². The van der Waals surface area contributed by atoms with Crippen molar-refractivity contribution < 1.29 is 19.1 Å². The highest BCUT2D eigenvalue weighted by molar-refractivity contribution is 6.44. The van der Waals surface area contributed by atoms with Crippen molar-refractivity contribution in [2.24, 2.45) is 0 Å². The van der Waals surface area contributed by atoms with Crippen molar-refractivity contribution in [3.63, 3.8) is 0 Å². The molecule has 1 aliphatic heterocycles. The first-order valence-corrected chi connectivity index (χ1v) is 6.70. The third kappa shape index (κ3) is 2.42. The zero-order valence-electron chi connectivity index (χ0n) is 11.5. The molecule has 3 rings (SSSR count). The fourth-order valence-corrected chi connectivity index (χ4v) is 2.66. The van der Waals surface area contributed by atoms with Crippen LogP contribution < -0.4 is 0 Å². The van der Waals surface area contributed by atoms with E-state index >= 15 is 0 Å². The Morgan fingerprint density at radius 3 is 2.86 bits per heavy atom. The third-order valence-electron chi connectivity index (χ3n) is 3.82. The van der Waals surface area contributed by atoms with E-state index in [0.29, 0.717) is 23.9 Å². The predicted molar refractivity (Wildman–Crippen MR) is 74.4 cm³/mol. The van der Waals surface area contributed by atoms with Crippen molar-refractivity contribution in [3.8, 4) is 0 Å². The highest BCUT2D eigenvalue weighted by atomic mass is 19.1. The lowest BCUT2D eigenvalue weighted by molar-refractivity contribution is -0.126. The molecule has 2 aromatic rings. The van der Waals surface area contributed by atoms with Crippen LogP contribution >= 0.6 is 0 Å². The number of aromatic nitrogens is 1. The number of nitrogens with one attached hydrogen (secondary N) is 1. The third-order valence-corrected chi connectivity index (χ3v) is 3.82. The first-order chi connectivity index (χ1) is 9.87. The van der Waals surface area contributed by atoms with Crippen molar-refractivity contribution in [1.29, 1.82) is 0 Å². The van der Waals surface area contributed by atoms with E-state index in [9.17, 15) is 19.1 Å². The number of aliphatic hydroxyl groups is 1. The summed E-state index contributed by atoms with van der Waals surface area (Å²) in [6, 6.07) is 4.03. The van der Waals surface area contributed by atoms with Crippen molar-refractivity contribution in [2.45, 2.75) is 18.9 Å². The van der Waals surface area contributed by atoms with Gasteiger partial charge in [-0.15, -0.1) is 0 Å². The monoisotopic (exact) mass is 290 g/mol. The van der Waals surface area contributed by atoms with Gasteiger partial charge >= 0.3 is 0 Å². The minimum absolute atomic E-state index is 0.133. The molecular formula is C15H15FN2O3. The van der Waals surface area contributed by atoms with Gasteiger partial charge in [-0.2, -0.15) is 0 Å². The van der Waals surface area contributed by atoms with E-state index in [0.717, 1.165) is 0 Å². The van der Waals surface area contributed by atoms with Crippen LogP contribution in [0, 0.1) is 5.82 Å². The van der Waals surface area contributed by atoms with Gasteiger partial charge < -0.3 is 15.0 Å². The summed E-state index contributed by atoms with van der Waals surface area (Å²) < 4.78 is 13.3. The molecule has 110 valence electrons. The predicted octanol–water partition coefficient (Wildman–Crippen LogP) is 1.47. The highest BCUT2D eigenvalue weighted by Crippen LogP contribution is 2.24. The van der Waals surface area contributed by atoms with Gasteiger partial charge in [-0.1, -0.05) is 0 Å². The summed E-state index contributed by atoms with van der Waals surface area (Å²) in [5.41, 5.74) is -0.204. The number of carbonyl (C=O) groups is 2. The lowest BCUT2D eigenvalue weighted by Crippen LogP contribution is -2.37. The summed E-state index contributed by atoms with van der Waals surface area (Å²) in [5, 5.41) is 10.3. The lowest BCUT2D eigenvalue weighted by Gasteiger charge is -2.18. The number of hydrogen-bond donors (Lipinski definition) is 2. The molecule has 2 heterocycles. The van der Waals surface area contributed by atoms with Gasteiger partial charge in [0.15, 0.2) is 0 Å². The maximum absolute atomic E-state index is 13.3. The zero-order valence-corrected chi connectivity index (χ0v) is 11.5. The van der Waals surface area contributed by atoms with Crippen LogP contribution in [0.1, 0.15) is 23.7 Å². The molecule has 1 saturated heterocycles. The van der Waals surface area contributed by atoms with E-state index in [4.69, 9.17) is 0 Å². The van der Waals surface area contributed by atoms with Gasteiger partial charge in [0.1, 0.15) is 5.82 Å². The number of β-amino-alcohol motifs (C(OH)–C–C–N with tert-alkyl or cyclic N) is 1. The molecular weight excluding hydrogens is 275 g/mol. The first-order valence-electron chi connectivity index (χ1n) is 6.70. The van der Waals surface area contributed by atoms with Crippen LogP contribution in [-0.2, 0) is 4.79 Å². The second-order valence-electron chi connectivity index (χ2n) is 5.70. The standard InChI is InChI=1S/C15H15FN2O3/c1-15(21)4-5-18(8-15)14(20)13(19)11-7-17-12-3-2-9(16)6-10(11)12/h2-3,6-7,17,21H,4-5,8H2,1H3/t15-/m1/s1. The lowest BCUT2D eigenvalue weighted by atomic mass is 10.1. The molecule has 1 aromatic carbocycles. The van der Waals surface area contributed by atoms with Gasteiger partial charge in [-0.3, -0.25) is 9.59 Å². The van der Waals surface area contributed by atoms with Gasteiger partial charge in [0.2, 0.25) is 0 Å². The summed E-state index contributed by atoms with van der Waals surface area (Å²) >= 11 is 0. The SMILES string of the molecule is C[C@@]1(O)CCN(C(=O)C(=O)c2c[nH]c3ccc(F)cc23)C1. The van der Waals surface area contributed by atoms with Gasteiger partial charge in [-0.05, 0) is 31.5 Å². The van der Waals surface area contributed by atoms with Crippen LogP contribution in [0.3, 0.4) is 0 Å². The molecule has 0 aliphatic carbocycles. The molecule has 0 spiro atoms. The summed E-state index contributed by atoms with van der Waals surface area (Å²) in [5.74, 6) is -1.82. The number of hydrogen-bond acceptors (Lipinski definition) is 3. The number of fused-ring (bicyclic) bond motifs is 1. The van der Waals surface area contributed by atoms with Gasteiger partial charge in [0.25, 0.3) is 11.7 Å². The van der Waals surface area contributed by atoms with Crippen LogP contribution in [0.2, 0.25) is 0 Å². The van der Waals surface area contributed by atoms with E-state index in [1.54, 1.807) is 6.92 Å². The van der Waals surface area contributed by atoms with Gasteiger partial charge in [0, 0.05) is 30.2 Å². The fraction of sp³-hybridized carbons (Fsp3) is 0.333. The molecule has 0 saturated carbocycles. The van der Waals surface area contributed by atoms with Crippen LogP contribution in [0.5, 0.6) is 0 Å². The topological polar surface area (TPSA) is 73.4 Å². The van der Waals surface area contributed by atoms with Crippen LogP contribution in [0.4, 0.5) is 4.39 Å². The van der Waals surface area contributed by atoms with Crippen molar-refractivity contribution >= 4 is 22.6 Å². The number of aromatic amines is 1. The van der Waals surface area contributed by atoms with Crippen molar-refractivity contribution in [2.75, 3.05) is 13.1 Å². The number of carbonyl (C=O) groups excluding carboxylic acids is 2. The molecule has 1 aromatic heterocycles. The summed E-state index contributed by atoms with van der Waals surface area (Å²) in [6.07, 6.45) is 1.85. The number of benzene rings is 1. The molecule has 2 N–H and O–H groups in total. The van der Waals surface area contributed by atoms with E-state index in [2.05, 4.69) is 4.98 Å². The number of rotatable bonds is 2. The Balaban J connectivity index is 1.90. The molecule has 0 bridgehead atoms. The molecule has 1 fully saturated rings. The summed E-state index contributed by atoms with van der Waals surface area (Å²) in [4.78, 5) is 28.7. The average molecular weight is 290 g/mol. The molecule has 1 atom stereocenters. The van der Waals surface area contributed by atoms with Crippen molar-refractivity contribution in [3.05, 3.63) is 35.8 Å². The Kier molecular flexibility index (Phi) is 3.06. The Hall–Kier alpha value is -2.21. The number of Topliss-reactive ketones (excluding diaryl/α,β-unsaturated/α-hetero) is 1. The maximum Gasteiger partial charge on any atom is 0.295 e. The average Bonchev–Trinajstić information content (AvgIpc) is 3.00. The molecule has 1 amide bonds. The van der Waals surface area contributed by atoms with E-state index < -0.39 is 23.1 Å². The highest BCUT2D eigenvalue weighted by Gasteiger charge is 2.36. The van der Waals surface area contributed by atoms with Crippen LogP contribution in [0.15, 0.2) is 24.4 Å². The van der Waals surface area contributed by atoms with Gasteiger partial charge in [0.05, 0.1) is 11.2 Å².